The van der Waals surface area contributed by atoms with E-state index < -0.39 is 29.7 Å². The van der Waals surface area contributed by atoms with Crippen LogP contribution in [0.3, 0.4) is 0 Å². The van der Waals surface area contributed by atoms with Crippen molar-refractivity contribution in [2.75, 3.05) is 14.1 Å². The van der Waals surface area contributed by atoms with E-state index in [-0.39, 0.29) is 0 Å². The second kappa shape index (κ2) is 5.00. The van der Waals surface area contributed by atoms with Crippen LogP contribution in [0.2, 0.25) is 0 Å². The summed E-state index contributed by atoms with van der Waals surface area (Å²) < 4.78 is 0. The van der Waals surface area contributed by atoms with Gasteiger partial charge in [0.25, 0.3) is 0 Å². The van der Waals surface area contributed by atoms with Gasteiger partial charge < -0.3 is 15.1 Å². The summed E-state index contributed by atoms with van der Waals surface area (Å²) in [4.78, 5) is 33.2. The fourth-order valence-electron chi connectivity index (χ4n) is 0.737. The average molecular weight is 201 g/mol. The van der Waals surface area contributed by atoms with E-state index in [4.69, 9.17) is 10.2 Å². The molecule has 0 rings (SSSR count). The monoisotopic (exact) mass is 201 g/mol. The first kappa shape index (κ1) is 12.2. The van der Waals surface area contributed by atoms with Crippen LogP contribution in [0.4, 0.5) is 0 Å². The summed E-state index contributed by atoms with van der Waals surface area (Å²) in [5.74, 6) is -3.69. The Balaban J connectivity index is 4.76. The topological polar surface area (TPSA) is 94.9 Å². The highest BCUT2D eigenvalue weighted by Crippen LogP contribution is 2.01. The van der Waals surface area contributed by atoms with Gasteiger partial charge in [0, 0.05) is 20.3 Å². The van der Waals surface area contributed by atoms with Crippen molar-refractivity contribution in [3.63, 3.8) is 0 Å². The third-order valence-electron chi connectivity index (χ3n) is 1.23. The van der Waals surface area contributed by atoms with Crippen LogP contribution in [0.25, 0.3) is 0 Å². The molecule has 0 unspecified atom stereocenters. The van der Waals surface area contributed by atoms with Crippen LogP contribution >= 0.6 is 0 Å². The van der Waals surface area contributed by atoms with Crippen molar-refractivity contribution < 1.29 is 24.6 Å². The van der Waals surface area contributed by atoms with Gasteiger partial charge >= 0.3 is 11.9 Å². The van der Waals surface area contributed by atoms with Gasteiger partial charge in [-0.2, -0.15) is 0 Å². The van der Waals surface area contributed by atoms with E-state index in [9.17, 15) is 14.4 Å². The number of Topliss-reactive ketones (excluding diaryl/α,β-unsaturated/α-hetero) is 1. The number of carbonyl (C=O) groups excluding carboxylic acids is 1. The maximum Gasteiger partial charge on any atom is 0.340 e. The Morgan fingerprint density at radius 2 is 1.71 bits per heavy atom. The van der Waals surface area contributed by atoms with Gasteiger partial charge in [-0.15, -0.1) is 0 Å². The molecule has 0 aromatic heterocycles. The van der Waals surface area contributed by atoms with E-state index in [1.165, 1.54) is 19.0 Å². The molecule has 6 nitrogen and oxygen atoms in total. The second-order valence-electron chi connectivity index (χ2n) is 2.81. The Bertz CT molecular complexity index is 292. The average Bonchev–Trinajstić information content (AvgIpc) is 1.97. The molecular weight excluding hydrogens is 190 g/mol. The molecule has 0 amide bonds. The molecule has 78 valence electrons. The molecule has 0 saturated carbocycles. The Hall–Kier alpha value is -1.85. The van der Waals surface area contributed by atoms with Crippen LogP contribution in [-0.2, 0) is 14.4 Å². The zero-order valence-corrected chi connectivity index (χ0v) is 7.85. The number of ketones is 1. The standard InChI is InChI=1S/C8H11NO5/c1-9(2)4-5(8(13)14)6(10)3-7(11)12/h4H,3H2,1-2H3,(H,11,12)(H,13,14). The number of carbonyl (C=O) groups is 3. The normalized spacial score (nSPS) is 10.9. The molecule has 0 spiro atoms. The molecular formula is C8H11NO5. The Morgan fingerprint density at radius 1 is 1.21 bits per heavy atom. The lowest BCUT2D eigenvalue weighted by atomic mass is 10.1. The summed E-state index contributed by atoms with van der Waals surface area (Å²) in [5.41, 5.74) is -0.530. The highest BCUT2D eigenvalue weighted by molar-refractivity contribution is 6.20. The van der Waals surface area contributed by atoms with Gasteiger partial charge in [-0.05, 0) is 0 Å². The summed E-state index contributed by atoms with van der Waals surface area (Å²) in [6, 6.07) is 0. The summed E-state index contributed by atoms with van der Waals surface area (Å²) in [6.07, 6.45) is 0.263. The fourth-order valence-corrected chi connectivity index (χ4v) is 0.737. The predicted octanol–water partition coefficient (Wildman–Crippen LogP) is -0.440. The summed E-state index contributed by atoms with van der Waals surface area (Å²) in [6.45, 7) is 0. The van der Waals surface area contributed by atoms with Crippen LogP contribution < -0.4 is 0 Å². The molecule has 0 saturated heterocycles. The molecule has 0 aliphatic rings. The summed E-state index contributed by atoms with van der Waals surface area (Å²) in [7, 11) is 3.08. The molecule has 0 radical (unpaired) electrons. The van der Waals surface area contributed by atoms with Gasteiger partial charge in [0.2, 0.25) is 0 Å². The molecule has 0 aromatic rings. The van der Waals surface area contributed by atoms with Gasteiger partial charge in [-0.25, -0.2) is 4.79 Å². The maximum absolute atomic E-state index is 11.1. The number of nitrogens with zero attached hydrogens (tertiary/aromatic N) is 1. The van der Waals surface area contributed by atoms with Gasteiger partial charge in [0.1, 0.15) is 12.0 Å². The minimum absolute atomic E-state index is 0.530. The fraction of sp³-hybridized carbons (Fsp3) is 0.375. The molecule has 2 N–H and O–H groups in total. The first-order valence-corrected chi connectivity index (χ1v) is 3.71. The van der Waals surface area contributed by atoms with E-state index in [0.29, 0.717) is 0 Å². The Kier molecular flexibility index (Phi) is 4.34. The van der Waals surface area contributed by atoms with Crippen LogP contribution in [0.1, 0.15) is 6.42 Å². The Labute approximate surface area is 80.4 Å². The first-order valence-electron chi connectivity index (χ1n) is 3.71. The number of carboxylic acid groups (broad SMARTS) is 2. The SMILES string of the molecule is CN(C)C=C(C(=O)O)C(=O)CC(=O)O. The lowest BCUT2D eigenvalue weighted by molar-refractivity contribution is -0.140. The van der Waals surface area contributed by atoms with Crippen LogP contribution in [-0.4, -0.2) is 46.9 Å². The van der Waals surface area contributed by atoms with Gasteiger partial charge in [-0.1, -0.05) is 0 Å². The highest BCUT2D eigenvalue weighted by atomic mass is 16.4. The zero-order valence-electron chi connectivity index (χ0n) is 7.85. The van der Waals surface area contributed by atoms with Crippen molar-refractivity contribution in [3.05, 3.63) is 11.8 Å². The molecule has 0 aliphatic carbocycles. The van der Waals surface area contributed by atoms with E-state index in [2.05, 4.69) is 0 Å². The highest BCUT2D eigenvalue weighted by Gasteiger charge is 2.19. The van der Waals surface area contributed by atoms with Crippen molar-refractivity contribution in [1.82, 2.24) is 4.90 Å². The lowest BCUT2D eigenvalue weighted by Crippen LogP contribution is -2.18. The third kappa shape index (κ3) is 4.24. The predicted molar refractivity (Wildman–Crippen MR) is 46.7 cm³/mol. The van der Waals surface area contributed by atoms with E-state index >= 15 is 0 Å². The molecule has 0 aromatic carbocycles. The number of aliphatic carboxylic acids is 2. The molecule has 0 aliphatic heterocycles. The van der Waals surface area contributed by atoms with Crippen LogP contribution in [0, 0.1) is 0 Å². The van der Waals surface area contributed by atoms with E-state index in [1.807, 2.05) is 0 Å². The van der Waals surface area contributed by atoms with Crippen molar-refractivity contribution >= 4 is 17.7 Å². The van der Waals surface area contributed by atoms with Gasteiger partial charge in [0.15, 0.2) is 5.78 Å². The van der Waals surface area contributed by atoms with E-state index in [0.717, 1.165) is 6.20 Å². The first-order chi connectivity index (χ1) is 6.34. The maximum atomic E-state index is 11.1. The zero-order chi connectivity index (χ0) is 11.3. The summed E-state index contributed by atoms with van der Waals surface area (Å²) >= 11 is 0. The van der Waals surface area contributed by atoms with Gasteiger partial charge in [-0.3, -0.25) is 9.59 Å². The van der Waals surface area contributed by atoms with Crippen molar-refractivity contribution in [1.29, 1.82) is 0 Å². The molecule has 6 heteroatoms. The number of rotatable bonds is 5. The third-order valence-corrected chi connectivity index (χ3v) is 1.23. The lowest BCUT2D eigenvalue weighted by Gasteiger charge is -2.06. The molecule has 0 heterocycles. The molecule has 14 heavy (non-hydrogen) atoms. The number of hydrogen-bond acceptors (Lipinski definition) is 4. The van der Waals surface area contributed by atoms with Crippen molar-refractivity contribution in [2.24, 2.45) is 0 Å². The van der Waals surface area contributed by atoms with Crippen LogP contribution in [0.15, 0.2) is 11.8 Å². The van der Waals surface area contributed by atoms with E-state index in [1.54, 1.807) is 0 Å². The minimum Gasteiger partial charge on any atom is -0.481 e. The minimum atomic E-state index is -1.43. The number of carboxylic acids is 2. The van der Waals surface area contributed by atoms with Crippen molar-refractivity contribution in [2.45, 2.75) is 6.42 Å². The quantitative estimate of drug-likeness (QED) is 0.355. The molecule has 0 bridgehead atoms. The van der Waals surface area contributed by atoms with Crippen LogP contribution in [0.5, 0.6) is 0 Å². The largest absolute Gasteiger partial charge is 0.481 e. The smallest absolute Gasteiger partial charge is 0.340 e. The molecule has 0 atom stereocenters. The molecule has 0 fully saturated rings. The Morgan fingerprint density at radius 3 is 2.00 bits per heavy atom. The second-order valence-corrected chi connectivity index (χ2v) is 2.81. The summed E-state index contributed by atoms with van der Waals surface area (Å²) in [5, 5.41) is 16.9. The number of hydrogen-bond donors (Lipinski definition) is 2. The van der Waals surface area contributed by atoms with Crippen molar-refractivity contribution in [3.8, 4) is 0 Å². The van der Waals surface area contributed by atoms with Gasteiger partial charge in [0.05, 0.1) is 0 Å².